The summed E-state index contributed by atoms with van der Waals surface area (Å²) in [6.45, 7) is 6.12. The number of carbonyl (C=O) groups is 1. The van der Waals surface area contributed by atoms with Crippen LogP contribution in [0.4, 0.5) is 5.69 Å². The van der Waals surface area contributed by atoms with E-state index in [-0.39, 0.29) is 12.1 Å². The summed E-state index contributed by atoms with van der Waals surface area (Å²) in [5, 5.41) is 2.02. The minimum Gasteiger partial charge on any atom is -0.459 e. The number of hydrogen-bond donors (Lipinski definition) is 1. The lowest BCUT2D eigenvalue weighted by Gasteiger charge is -2.16. The van der Waals surface area contributed by atoms with Gasteiger partial charge in [0.1, 0.15) is 0 Å². The third-order valence-corrected chi connectivity index (χ3v) is 3.25. The molecule has 3 heteroatoms. The van der Waals surface area contributed by atoms with Gasteiger partial charge in [-0.25, -0.2) is 4.79 Å². The lowest BCUT2D eigenvalue weighted by molar-refractivity contribution is 0.0301. The van der Waals surface area contributed by atoms with Crippen LogP contribution in [0, 0.1) is 5.92 Å². The molecule has 2 aromatic rings. The van der Waals surface area contributed by atoms with Gasteiger partial charge in [-0.1, -0.05) is 38.1 Å². The third kappa shape index (κ3) is 3.29. The van der Waals surface area contributed by atoms with Gasteiger partial charge in [0.05, 0.1) is 11.7 Å². The van der Waals surface area contributed by atoms with Crippen LogP contribution in [0.25, 0.3) is 10.8 Å². The van der Waals surface area contributed by atoms with Gasteiger partial charge >= 0.3 is 5.97 Å². The summed E-state index contributed by atoms with van der Waals surface area (Å²) in [4.78, 5) is 12.2. The van der Waals surface area contributed by atoms with E-state index in [1.165, 1.54) is 0 Å². The van der Waals surface area contributed by atoms with E-state index in [4.69, 9.17) is 10.5 Å². The van der Waals surface area contributed by atoms with Crippen molar-refractivity contribution in [1.29, 1.82) is 0 Å². The van der Waals surface area contributed by atoms with Gasteiger partial charge in [-0.15, -0.1) is 0 Å². The number of fused-ring (bicyclic) bond motifs is 1. The van der Waals surface area contributed by atoms with Gasteiger partial charge < -0.3 is 10.5 Å². The van der Waals surface area contributed by atoms with Gasteiger partial charge in [0.2, 0.25) is 0 Å². The van der Waals surface area contributed by atoms with Gasteiger partial charge in [-0.05, 0) is 42.2 Å². The fourth-order valence-electron chi connectivity index (χ4n) is 2.39. The van der Waals surface area contributed by atoms with E-state index in [9.17, 15) is 4.79 Å². The molecule has 0 aliphatic carbocycles. The summed E-state index contributed by atoms with van der Waals surface area (Å²) in [6, 6.07) is 11.4. The first kappa shape index (κ1) is 14.4. The molecular formula is C17H21NO2. The number of nitrogens with two attached hydrogens (primary N) is 1. The maximum atomic E-state index is 12.2. The summed E-state index contributed by atoms with van der Waals surface area (Å²) in [5.41, 5.74) is 6.87. The molecule has 2 aromatic carbocycles. The van der Waals surface area contributed by atoms with Crippen molar-refractivity contribution in [1.82, 2.24) is 0 Å². The Morgan fingerprint density at radius 1 is 1.15 bits per heavy atom. The van der Waals surface area contributed by atoms with E-state index in [0.717, 1.165) is 17.2 Å². The molecule has 1 unspecified atom stereocenters. The standard InChI is InChI=1S/C17H21NO2/c1-11(2)8-12(3)20-17(19)15-9-13-6-4-5-7-14(13)10-16(15)18/h4-7,9-12H,8,18H2,1-3H3. The van der Waals surface area contributed by atoms with Gasteiger partial charge in [-0.2, -0.15) is 0 Å². The summed E-state index contributed by atoms with van der Waals surface area (Å²) in [7, 11) is 0. The monoisotopic (exact) mass is 271 g/mol. The van der Waals surface area contributed by atoms with Crippen LogP contribution >= 0.6 is 0 Å². The lowest BCUT2D eigenvalue weighted by atomic mass is 10.0. The molecule has 106 valence electrons. The van der Waals surface area contributed by atoms with Crippen LogP contribution in [-0.4, -0.2) is 12.1 Å². The predicted molar refractivity (Wildman–Crippen MR) is 82.7 cm³/mol. The van der Waals surface area contributed by atoms with Crippen LogP contribution < -0.4 is 5.73 Å². The Hall–Kier alpha value is -2.03. The molecule has 0 fully saturated rings. The number of anilines is 1. The van der Waals surface area contributed by atoms with Crippen molar-refractivity contribution in [3.8, 4) is 0 Å². The van der Waals surface area contributed by atoms with Crippen LogP contribution in [-0.2, 0) is 4.74 Å². The van der Waals surface area contributed by atoms with Crippen molar-refractivity contribution in [2.45, 2.75) is 33.3 Å². The largest absolute Gasteiger partial charge is 0.459 e. The number of carbonyl (C=O) groups excluding carboxylic acids is 1. The first-order chi connectivity index (χ1) is 9.47. The second kappa shape index (κ2) is 5.95. The van der Waals surface area contributed by atoms with Crippen LogP contribution in [0.5, 0.6) is 0 Å². The third-order valence-electron chi connectivity index (χ3n) is 3.25. The second-order valence-corrected chi connectivity index (χ2v) is 5.63. The topological polar surface area (TPSA) is 52.3 Å². The fraction of sp³-hybridized carbons (Fsp3) is 0.353. The van der Waals surface area contributed by atoms with Gasteiger partial charge in [0.15, 0.2) is 0 Å². The highest BCUT2D eigenvalue weighted by Gasteiger charge is 2.16. The van der Waals surface area contributed by atoms with Crippen molar-refractivity contribution in [3.63, 3.8) is 0 Å². The maximum Gasteiger partial charge on any atom is 0.340 e. The van der Waals surface area contributed by atoms with E-state index in [1.54, 1.807) is 6.07 Å². The number of rotatable bonds is 4. The molecular weight excluding hydrogens is 250 g/mol. The van der Waals surface area contributed by atoms with Crippen LogP contribution in [0.15, 0.2) is 36.4 Å². The Bertz CT molecular complexity index is 619. The average molecular weight is 271 g/mol. The van der Waals surface area contributed by atoms with E-state index in [0.29, 0.717) is 17.2 Å². The number of hydrogen-bond acceptors (Lipinski definition) is 3. The number of nitrogen functional groups attached to an aromatic ring is 1. The van der Waals surface area contributed by atoms with Crippen molar-refractivity contribution in [2.75, 3.05) is 5.73 Å². The molecule has 0 bridgehead atoms. The Morgan fingerprint density at radius 2 is 1.75 bits per heavy atom. The van der Waals surface area contributed by atoms with Crippen molar-refractivity contribution in [3.05, 3.63) is 42.0 Å². The zero-order valence-electron chi connectivity index (χ0n) is 12.2. The zero-order valence-corrected chi connectivity index (χ0v) is 12.2. The Balaban J connectivity index is 2.23. The molecule has 0 heterocycles. The van der Waals surface area contributed by atoms with Crippen LogP contribution in [0.1, 0.15) is 37.6 Å². The fourth-order valence-corrected chi connectivity index (χ4v) is 2.39. The number of ether oxygens (including phenoxy) is 1. The van der Waals surface area contributed by atoms with Crippen molar-refractivity contribution < 1.29 is 9.53 Å². The van der Waals surface area contributed by atoms with Crippen LogP contribution in [0.2, 0.25) is 0 Å². The molecule has 3 nitrogen and oxygen atoms in total. The van der Waals surface area contributed by atoms with E-state index in [2.05, 4.69) is 13.8 Å². The predicted octanol–water partition coefficient (Wildman–Crippen LogP) is 4.01. The van der Waals surface area contributed by atoms with Gasteiger partial charge in [0.25, 0.3) is 0 Å². The molecule has 0 radical (unpaired) electrons. The van der Waals surface area contributed by atoms with Crippen LogP contribution in [0.3, 0.4) is 0 Å². The molecule has 2 rings (SSSR count). The summed E-state index contributed by atoms with van der Waals surface area (Å²) in [6.07, 6.45) is 0.743. The highest BCUT2D eigenvalue weighted by atomic mass is 16.5. The zero-order chi connectivity index (χ0) is 14.7. The molecule has 0 saturated heterocycles. The summed E-state index contributed by atoms with van der Waals surface area (Å²) in [5.74, 6) is 0.146. The first-order valence-corrected chi connectivity index (χ1v) is 6.96. The SMILES string of the molecule is CC(C)CC(C)OC(=O)c1cc2ccccc2cc1N. The highest BCUT2D eigenvalue weighted by molar-refractivity contribution is 6.01. The van der Waals surface area contributed by atoms with E-state index < -0.39 is 0 Å². The minimum atomic E-state index is -0.346. The molecule has 0 aromatic heterocycles. The number of esters is 1. The molecule has 0 amide bonds. The molecule has 0 saturated carbocycles. The normalized spacial score (nSPS) is 12.6. The molecule has 0 aliphatic heterocycles. The highest BCUT2D eigenvalue weighted by Crippen LogP contribution is 2.23. The first-order valence-electron chi connectivity index (χ1n) is 6.96. The molecule has 20 heavy (non-hydrogen) atoms. The van der Waals surface area contributed by atoms with Gasteiger partial charge in [-0.3, -0.25) is 0 Å². The summed E-state index contributed by atoms with van der Waals surface area (Å²) >= 11 is 0. The molecule has 0 aliphatic rings. The molecule has 2 N–H and O–H groups in total. The van der Waals surface area contributed by atoms with E-state index >= 15 is 0 Å². The lowest BCUT2D eigenvalue weighted by Crippen LogP contribution is -2.18. The minimum absolute atomic E-state index is 0.103. The average Bonchev–Trinajstić information content (AvgIpc) is 2.36. The number of benzene rings is 2. The summed E-state index contributed by atoms with van der Waals surface area (Å²) < 4.78 is 5.46. The molecule has 0 spiro atoms. The Labute approximate surface area is 119 Å². The van der Waals surface area contributed by atoms with Crippen molar-refractivity contribution in [2.24, 2.45) is 5.92 Å². The van der Waals surface area contributed by atoms with Gasteiger partial charge in [0, 0.05) is 5.69 Å². The Kier molecular flexibility index (Phi) is 4.28. The quantitative estimate of drug-likeness (QED) is 0.675. The smallest absolute Gasteiger partial charge is 0.340 e. The van der Waals surface area contributed by atoms with Crippen molar-refractivity contribution >= 4 is 22.4 Å². The van der Waals surface area contributed by atoms with E-state index in [1.807, 2.05) is 37.3 Å². The Morgan fingerprint density at radius 3 is 2.35 bits per heavy atom. The molecule has 1 atom stereocenters. The second-order valence-electron chi connectivity index (χ2n) is 5.63. The maximum absolute atomic E-state index is 12.2.